The molecule has 0 N–H and O–H groups in total. The van der Waals surface area contributed by atoms with Crippen LogP contribution in [0, 0.1) is 0 Å². The zero-order valence-electron chi connectivity index (χ0n) is 17.9. The topological polar surface area (TPSA) is 65.1 Å². The second-order valence-corrected chi connectivity index (χ2v) is 7.21. The lowest BCUT2D eigenvalue weighted by molar-refractivity contribution is -0.140. The molecule has 0 saturated heterocycles. The minimum atomic E-state index is -0.620. The van der Waals surface area contributed by atoms with Gasteiger partial charge < -0.3 is 19.1 Å². The zero-order chi connectivity index (χ0) is 22.5. The van der Waals surface area contributed by atoms with Gasteiger partial charge in [0, 0.05) is 5.69 Å². The molecule has 0 aliphatic carbocycles. The Morgan fingerprint density at radius 2 is 1.22 bits per heavy atom. The molecule has 6 heteroatoms. The number of rotatable bonds is 5. The molecule has 0 saturated carbocycles. The molecule has 0 amide bonds. The fourth-order valence-electron chi connectivity index (χ4n) is 3.67. The number of ether oxygens (including phenoxy) is 3. The van der Waals surface area contributed by atoms with Gasteiger partial charge in [0.05, 0.1) is 26.4 Å². The SMILES string of the molecule is COC(=O)C1=C(C(=O)OC)N(c2ccc(-c3ccc(-c4ccccc4)cc3)cc2)COC1. The van der Waals surface area contributed by atoms with E-state index in [1.165, 1.54) is 19.8 Å². The van der Waals surface area contributed by atoms with Crippen molar-refractivity contribution >= 4 is 17.6 Å². The third-order valence-corrected chi connectivity index (χ3v) is 5.34. The molecule has 0 unspecified atom stereocenters. The largest absolute Gasteiger partial charge is 0.466 e. The van der Waals surface area contributed by atoms with Crippen LogP contribution in [0.5, 0.6) is 0 Å². The third kappa shape index (κ3) is 4.26. The van der Waals surface area contributed by atoms with Crippen molar-refractivity contribution in [1.29, 1.82) is 0 Å². The van der Waals surface area contributed by atoms with Gasteiger partial charge in [-0.25, -0.2) is 9.59 Å². The first kappa shape index (κ1) is 21.3. The molecular formula is C26H23NO5. The molecule has 1 aliphatic rings. The fourth-order valence-corrected chi connectivity index (χ4v) is 3.67. The summed E-state index contributed by atoms with van der Waals surface area (Å²) in [5, 5.41) is 0. The molecular weight excluding hydrogens is 406 g/mol. The van der Waals surface area contributed by atoms with Crippen molar-refractivity contribution in [1.82, 2.24) is 0 Å². The summed E-state index contributed by atoms with van der Waals surface area (Å²) in [5.74, 6) is -1.24. The highest BCUT2D eigenvalue weighted by molar-refractivity contribution is 6.03. The first-order valence-corrected chi connectivity index (χ1v) is 10.1. The maximum Gasteiger partial charge on any atom is 0.355 e. The molecule has 3 aromatic rings. The Bertz CT molecular complexity index is 1140. The number of methoxy groups -OCH3 is 2. The molecule has 3 aromatic carbocycles. The van der Waals surface area contributed by atoms with Crippen LogP contribution in [-0.4, -0.2) is 39.5 Å². The minimum Gasteiger partial charge on any atom is -0.466 e. The van der Waals surface area contributed by atoms with E-state index in [0.29, 0.717) is 5.69 Å². The van der Waals surface area contributed by atoms with Crippen molar-refractivity contribution in [2.24, 2.45) is 0 Å². The van der Waals surface area contributed by atoms with E-state index in [9.17, 15) is 9.59 Å². The lowest BCUT2D eigenvalue weighted by Gasteiger charge is -2.31. The van der Waals surface area contributed by atoms with E-state index in [4.69, 9.17) is 14.2 Å². The third-order valence-electron chi connectivity index (χ3n) is 5.34. The Hall–Kier alpha value is -3.90. The summed E-state index contributed by atoms with van der Waals surface area (Å²) < 4.78 is 15.2. The number of hydrogen-bond acceptors (Lipinski definition) is 6. The van der Waals surface area contributed by atoms with Crippen LogP contribution >= 0.6 is 0 Å². The molecule has 0 bridgehead atoms. The predicted molar refractivity (Wildman–Crippen MR) is 122 cm³/mol. The fraction of sp³-hybridized carbons (Fsp3) is 0.154. The Labute approximate surface area is 186 Å². The molecule has 0 radical (unpaired) electrons. The quantitative estimate of drug-likeness (QED) is 0.560. The van der Waals surface area contributed by atoms with E-state index in [2.05, 4.69) is 36.4 Å². The number of carbonyl (C=O) groups excluding carboxylic acids is 2. The van der Waals surface area contributed by atoms with Gasteiger partial charge in [-0.2, -0.15) is 0 Å². The Kier molecular flexibility index (Phi) is 6.33. The Balaban J connectivity index is 1.61. The van der Waals surface area contributed by atoms with Gasteiger partial charge in [0.25, 0.3) is 0 Å². The monoisotopic (exact) mass is 429 g/mol. The van der Waals surface area contributed by atoms with Gasteiger partial charge in [-0.1, -0.05) is 66.7 Å². The average Bonchev–Trinajstić information content (AvgIpc) is 2.88. The summed E-state index contributed by atoms with van der Waals surface area (Å²) in [5.41, 5.74) is 5.39. The van der Waals surface area contributed by atoms with Crippen molar-refractivity contribution in [2.45, 2.75) is 0 Å². The normalized spacial score (nSPS) is 13.6. The van der Waals surface area contributed by atoms with Crippen LogP contribution in [0.1, 0.15) is 0 Å². The number of nitrogens with zero attached hydrogens (tertiary/aromatic N) is 1. The van der Waals surface area contributed by atoms with Crippen molar-refractivity contribution in [3.63, 3.8) is 0 Å². The minimum absolute atomic E-state index is 0.0144. The van der Waals surface area contributed by atoms with Gasteiger partial charge in [0.15, 0.2) is 0 Å². The summed E-state index contributed by atoms with van der Waals surface area (Å²) in [6, 6.07) is 26.3. The zero-order valence-corrected chi connectivity index (χ0v) is 17.9. The number of anilines is 1. The van der Waals surface area contributed by atoms with E-state index >= 15 is 0 Å². The van der Waals surface area contributed by atoms with Crippen LogP contribution in [0.3, 0.4) is 0 Å². The van der Waals surface area contributed by atoms with Crippen LogP contribution in [-0.2, 0) is 23.8 Å². The molecule has 1 heterocycles. The summed E-state index contributed by atoms with van der Waals surface area (Å²) >= 11 is 0. The van der Waals surface area contributed by atoms with E-state index in [1.54, 1.807) is 4.90 Å². The molecule has 0 aromatic heterocycles. The van der Waals surface area contributed by atoms with Gasteiger partial charge in [0.2, 0.25) is 0 Å². The van der Waals surface area contributed by atoms with Gasteiger partial charge >= 0.3 is 11.9 Å². The van der Waals surface area contributed by atoms with Crippen LogP contribution in [0.25, 0.3) is 22.3 Å². The summed E-state index contributed by atoms with van der Waals surface area (Å²) in [7, 11) is 2.54. The molecule has 32 heavy (non-hydrogen) atoms. The number of benzene rings is 3. The van der Waals surface area contributed by atoms with Crippen molar-refractivity contribution < 1.29 is 23.8 Å². The first-order chi connectivity index (χ1) is 15.6. The van der Waals surface area contributed by atoms with Crippen molar-refractivity contribution in [3.8, 4) is 22.3 Å². The summed E-state index contributed by atoms with van der Waals surface area (Å²) in [6.45, 7) is 0.107. The highest BCUT2D eigenvalue weighted by Crippen LogP contribution is 2.30. The lowest BCUT2D eigenvalue weighted by Crippen LogP contribution is -2.38. The predicted octanol–water partition coefficient (Wildman–Crippen LogP) is 4.41. The van der Waals surface area contributed by atoms with Gasteiger partial charge in [-0.05, 0) is 34.4 Å². The van der Waals surface area contributed by atoms with Crippen LogP contribution in [0.4, 0.5) is 5.69 Å². The molecule has 0 fully saturated rings. The van der Waals surface area contributed by atoms with E-state index < -0.39 is 11.9 Å². The maximum atomic E-state index is 12.4. The maximum absolute atomic E-state index is 12.4. The molecule has 162 valence electrons. The van der Waals surface area contributed by atoms with E-state index in [1.807, 2.05) is 42.5 Å². The Morgan fingerprint density at radius 1 is 0.719 bits per heavy atom. The summed E-state index contributed by atoms with van der Waals surface area (Å²) in [6.07, 6.45) is 0. The number of esters is 2. The van der Waals surface area contributed by atoms with E-state index in [-0.39, 0.29) is 24.6 Å². The lowest BCUT2D eigenvalue weighted by atomic mass is 10.00. The van der Waals surface area contributed by atoms with Crippen molar-refractivity contribution in [3.05, 3.63) is 90.1 Å². The van der Waals surface area contributed by atoms with Gasteiger partial charge in [0.1, 0.15) is 12.4 Å². The summed E-state index contributed by atoms with van der Waals surface area (Å²) in [4.78, 5) is 26.2. The average molecular weight is 429 g/mol. The highest BCUT2D eigenvalue weighted by atomic mass is 16.5. The molecule has 4 rings (SSSR count). The van der Waals surface area contributed by atoms with E-state index in [0.717, 1.165) is 16.7 Å². The molecule has 0 spiro atoms. The second-order valence-electron chi connectivity index (χ2n) is 7.21. The standard InChI is InChI=1S/C26H23NO5/c1-30-25(28)23-16-32-17-27(24(23)26(29)31-2)22-14-12-21(13-15-22)20-10-8-19(9-11-20)18-6-4-3-5-7-18/h3-15H,16-17H2,1-2H3. The molecule has 6 nitrogen and oxygen atoms in total. The number of carbonyl (C=O) groups is 2. The van der Waals surface area contributed by atoms with Crippen molar-refractivity contribution in [2.75, 3.05) is 32.5 Å². The Morgan fingerprint density at radius 3 is 1.75 bits per heavy atom. The first-order valence-electron chi connectivity index (χ1n) is 10.1. The van der Waals surface area contributed by atoms with Crippen LogP contribution in [0.15, 0.2) is 90.1 Å². The van der Waals surface area contributed by atoms with Gasteiger partial charge in [-0.3, -0.25) is 0 Å². The highest BCUT2D eigenvalue weighted by Gasteiger charge is 2.32. The van der Waals surface area contributed by atoms with Gasteiger partial charge in [-0.15, -0.1) is 0 Å². The number of hydrogen-bond donors (Lipinski definition) is 0. The molecule has 1 aliphatic heterocycles. The van der Waals surface area contributed by atoms with Crippen LogP contribution in [0.2, 0.25) is 0 Å². The molecule has 0 atom stereocenters. The van der Waals surface area contributed by atoms with Crippen LogP contribution < -0.4 is 4.90 Å². The second kappa shape index (κ2) is 9.49. The smallest absolute Gasteiger partial charge is 0.355 e.